The lowest BCUT2D eigenvalue weighted by Crippen LogP contribution is -2.48. The molecule has 0 radical (unpaired) electrons. The van der Waals surface area contributed by atoms with Crippen LogP contribution in [0, 0.1) is 5.92 Å². The first kappa shape index (κ1) is 13.2. The van der Waals surface area contributed by atoms with E-state index in [0.717, 1.165) is 18.0 Å². The second kappa shape index (κ2) is 5.61. The number of hydrogen-bond acceptors (Lipinski definition) is 3. The Kier molecular flexibility index (Phi) is 4.12. The summed E-state index contributed by atoms with van der Waals surface area (Å²) in [6, 6.07) is 9.30. The van der Waals surface area contributed by atoms with Crippen LogP contribution in [0.5, 0.6) is 5.75 Å². The number of likely N-dealkylation sites (tertiary alicyclic amines) is 1. The Hall–Kier alpha value is -1.22. The molecule has 1 aliphatic rings. The quantitative estimate of drug-likeness (QED) is 0.890. The molecule has 0 aromatic heterocycles. The van der Waals surface area contributed by atoms with E-state index in [2.05, 4.69) is 37.2 Å². The van der Waals surface area contributed by atoms with E-state index < -0.39 is 0 Å². The summed E-state index contributed by atoms with van der Waals surface area (Å²) < 4.78 is 5.40. The van der Waals surface area contributed by atoms with Crippen LogP contribution in [0.15, 0.2) is 24.3 Å². The van der Waals surface area contributed by atoms with Crippen LogP contribution in [0.25, 0.3) is 0 Å². The van der Waals surface area contributed by atoms with Crippen molar-refractivity contribution in [3.8, 4) is 5.75 Å². The van der Waals surface area contributed by atoms with Crippen molar-refractivity contribution in [2.24, 2.45) is 5.92 Å². The number of nitrogens with one attached hydrogen (secondary N) is 1. The molecule has 1 heterocycles. The Labute approximate surface area is 110 Å². The van der Waals surface area contributed by atoms with Gasteiger partial charge in [-0.25, -0.2) is 0 Å². The van der Waals surface area contributed by atoms with Gasteiger partial charge in [0.1, 0.15) is 5.75 Å². The van der Waals surface area contributed by atoms with Gasteiger partial charge in [0.05, 0.1) is 12.8 Å². The predicted molar refractivity (Wildman–Crippen MR) is 76.3 cm³/mol. The number of piperidine rings is 1. The fourth-order valence-electron chi connectivity index (χ4n) is 2.71. The lowest BCUT2D eigenvalue weighted by atomic mass is 9.89. The van der Waals surface area contributed by atoms with Crippen molar-refractivity contribution in [3.05, 3.63) is 24.3 Å². The van der Waals surface area contributed by atoms with E-state index in [4.69, 9.17) is 4.74 Å². The van der Waals surface area contributed by atoms with E-state index in [9.17, 15) is 0 Å². The first-order valence-corrected chi connectivity index (χ1v) is 6.71. The molecule has 0 bridgehead atoms. The Morgan fingerprint density at radius 3 is 2.72 bits per heavy atom. The Balaban J connectivity index is 2.08. The molecule has 18 heavy (non-hydrogen) atoms. The fraction of sp³-hybridized carbons (Fsp3) is 0.600. The molecule has 1 fully saturated rings. The zero-order valence-corrected chi connectivity index (χ0v) is 11.8. The van der Waals surface area contributed by atoms with Crippen LogP contribution >= 0.6 is 0 Å². The van der Waals surface area contributed by atoms with Gasteiger partial charge in [0.15, 0.2) is 0 Å². The Morgan fingerprint density at radius 2 is 2.00 bits per heavy atom. The largest absolute Gasteiger partial charge is 0.495 e. The number of benzene rings is 1. The third-order valence-corrected chi connectivity index (χ3v) is 4.06. The van der Waals surface area contributed by atoms with Gasteiger partial charge in [-0.2, -0.15) is 0 Å². The maximum atomic E-state index is 5.40. The molecule has 0 amide bonds. The van der Waals surface area contributed by atoms with Crippen LogP contribution in [0.1, 0.15) is 20.3 Å². The zero-order valence-electron chi connectivity index (χ0n) is 11.8. The molecule has 2 rings (SSSR count). The van der Waals surface area contributed by atoms with Gasteiger partial charge in [-0.3, -0.25) is 0 Å². The van der Waals surface area contributed by atoms with Crippen molar-refractivity contribution >= 4 is 5.69 Å². The predicted octanol–water partition coefficient (Wildman–Crippen LogP) is 2.84. The molecule has 3 atom stereocenters. The van der Waals surface area contributed by atoms with Crippen LogP contribution in [0.3, 0.4) is 0 Å². The van der Waals surface area contributed by atoms with Gasteiger partial charge in [0.25, 0.3) is 0 Å². The molecule has 1 saturated heterocycles. The summed E-state index contributed by atoms with van der Waals surface area (Å²) >= 11 is 0. The SMILES string of the molecule is COc1ccccc1NC1CC(C)N(C)CC1C. The average Bonchev–Trinajstić information content (AvgIpc) is 2.36. The third-order valence-electron chi connectivity index (χ3n) is 4.06. The van der Waals surface area contributed by atoms with Gasteiger partial charge in [-0.1, -0.05) is 19.1 Å². The third kappa shape index (κ3) is 2.78. The standard InChI is InChI=1S/C15H24N2O/c1-11-10-17(3)12(2)9-14(11)16-13-7-5-6-8-15(13)18-4/h5-8,11-12,14,16H,9-10H2,1-4H3. The van der Waals surface area contributed by atoms with E-state index in [-0.39, 0.29) is 0 Å². The minimum absolute atomic E-state index is 0.521. The highest BCUT2D eigenvalue weighted by Gasteiger charge is 2.29. The van der Waals surface area contributed by atoms with Crippen LogP contribution < -0.4 is 10.1 Å². The first-order chi connectivity index (χ1) is 8.61. The topological polar surface area (TPSA) is 24.5 Å². The number of hydrogen-bond donors (Lipinski definition) is 1. The second-order valence-electron chi connectivity index (χ2n) is 5.45. The van der Waals surface area contributed by atoms with Gasteiger partial charge in [0, 0.05) is 18.6 Å². The molecule has 0 aliphatic carbocycles. The highest BCUT2D eigenvalue weighted by Crippen LogP contribution is 2.29. The molecule has 0 spiro atoms. The average molecular weight is 248 g/mol. The molecule has 1 aliphatic heterocycles. The highest BCUT2D eigenvalue weighted by molar-refractivity contribution is 5.56. The summed E-state index contributed by atoms with van der Waals surface area (Å²) in [7, 11) is 3.93. The summed E-state index contributed by atoms with van der Waals surface area (Å²) in [5.41, 5.74) is 1.11. The molecule has 1 N–H and O–H groups in total. The van der Waals surface area contributed by atoms with E-state index in [0.29, 0.717) is 18.0 Å². The number of rotatable bonds is 3. The van der Waals surface area contributed by atoms with Crippen LogP contribution in [-0.4, -0.2) is 37.7 Å². The van der Waals surface area contributed by atoms with Crippen molar-refractivity contribution in [1.82, 2.24) is 4.90 Å². The maximum absolute atomic E-state index is 5.40. The summed E-state index contributed by atoms with van der Waals surface area (Å²) in [6.45, 7) is 5.76. The van der Waals surface area contributed by atoms with E-state index in [1.165, 1.54) is 6.42 Å². The molecule has 3 unspecified atom stereocenters. The molecule has 0 saturated carbocycles. The molecule has 3 heteroatoms. The van der Waals surface area contributed by atoms with Crippen molar-refractivity contribution in [3.63, 3.8) is 0 Å². The lowest BCUT2D eigenvalue weighted by Gasteiger charge is -2.40. The smallest absolute Gasteiger partial charge is 0.141 e. The molecule has 1 aromatic rings. The number of methoxy groups -OCH3 is 1. The molecule has 3 nitrogen and oxygen atoms in total. The Bertz CT molecular complexity index is 394. The fourth-order valence-corrected chi connectivity index (χ4v) is 2.71. The normalized spacial score (nSPS) is 29.0. The van der Waals surface area contributed by atoms with Gasteiger partial charge in [-0.05, 0) is 38.4 Å². The molecular weight excluding hydrogens is 224 g/mol. The summed E-state index contributed by atoms with van der Waals surface area (Å²) in [6.07, 6.45) is 1.18. The van der Waals surface area contributed by atoms with Crippen molar-refractivity contribution in [2.45, 2.75) is 32.4 Å². The summed E-state index contributed by atoms with van der Waals surface area (Å²) in [4.78, 5) is 2.44. The summed E-state index contributed by atoms with van der Waals surface area (Å²) in [5.74, 6) is 1.58. The number of nitrogens with zero attached hydrogens (tertiary/aromatic N) is 1. The van der Waals surface area contributed by atoms with Crippen LogP contribution in [-0.2, 0) is 0 Å². The van der Waals surface area contributed by atoms with Gasteiger partial charge < -0.3 is 15.0 Å². The molecule has 1 aromatic carbocycles. The van der Waals surface area contributed by atoms with Gasteiger partial charge >= 0.3 is 0 Å². The van der Waals surface area contributed by atoms with Crippen LogP contribution in [0.4, 0.5) is 5.69 Å². The highest BCUT2D eigenvalue weighted by atomic mass is 16.5. The van der Waals surface area contributed by atoms with Gasteiger partial charge in [0.2, 0.25) is 0 Å². The van der Waals surface area contributed by atoms with Crippen LogP contribution in [0.2, 0.25) is 0 Å². The zero-order chi connectivity index (χ0) is 13.1. The molecular formula is C15H24N2O. The minimum atomic E-state index is 0.521. The minimum Gasteiger partial charge on any atom is -0.495 e. The van der Waals surface area contributed by atoms with Crippen molar-refractivity contribution < 1.29 is 4.74 Å². The molecule has 100 valence electrons. The monoisotopic (exact) mass is 248 g/mol. The van der Waals surface area contributed by atoms with E-state index >= 15 is 0 Å². The second-order valence-corrected chi connectivity index (χ2v) is 5.45. The van der Waals surface area contributed by atoms with E-state index in [1.807, 2.05) is 18.2 Å². The van der Waals surface area contributed by atoms with Crippen molar-refractivity contribution in [1.29, 1.82) is 0 Å². The maximum Gasteiger partial charge on any atom is 0.141 e. The number of anilines is 1. The lowest BCUT2D eigenvalue weighted by molar-refractivity contribution is 0.145. The Morgan fingerprint density at radius 1 is 1.28 bits per heavy atom. The summed E-state index contributed by atoms with van der Waals surface area (Å²) in [5, 5.41) is 3.65. The first-order valence-electron chi connectivity index (χ1n) is 6.71. The number of ether oxygens (including phenoxy) is 1. The van der Waals surface area contributed by atoms with E-state index in [1.54, 1.807) is 7.11 Å². The van der Waals surface area contributed by atoms with Crippen molar-refractivity contribution in [2.75, 3.05) is 26.0 Å². The van der Waals surface area contributed by atoms with Gasteiger partial charge in [-0.15, -0.1) is 0 Å². The number of para-hydroxylation sites is 2.